The molecule has 0 aromatic heterocycles. The Morgan fingerprint density at radius 1 is 1.36 bits per heavy atom. The number of aliphatic hydroxyl groups excluding tert-OH is 1. The normalized spacial score (nSPS) is 18.0. The molecule has 118 valence electrons. The summed E-state index contributed by atoms with van der Waals surface area (Å²) in [6.07, 6.45) is 3.92. The van der Waals surface area contributed by atoms with Gasteiger partial charge in [0.25, 0.3) is 0 Å². The molecule has 0 radical (unpaired) electrons. The van der Waals surface area contributed by atoms with Gasteiger partial charge in [0.2, 0.25) is 5.91 Å². The predicted octanol–water partition coefficient (Wildman–Crippen LogP) is 2.32. The van der Waals surface area contributed by atoms with Crippen LogP contribution in [0.25, 0.3) is 0 Å². The molecule has 1 saturated carbocycles. The Morgan fingerprint density at radius 2 is 2.05 bits per heavy atom. The zero-order valence-corrected chi connectivity index (χ0v) is 12.8. The van der Waals surface area contributed by atoms with Crippen molar-refractivity contribution < 1.29 is 14.6 Å². The third-order valence-corrected chi connectivity index (χ3v) is 4.23. The molecule has 22 heavy (non-hydrogen) atoms. The van der Waals surface area contributed by atoms with Gasteiger partial charge in [-0.15, -0.1) is 0 Å². The summed E-state index contributed by atoms with van der Waals surface area (Å²) in [6, 6.07) is 8.29. The Morgan fingerprint density at radius 3 is 2.68 bits per heavy atom. The summed E-state index contributed by atoms with van der Waals surface area (Å²) in [7, 11) is 1.52. The molecule has 0 unspecified atom stereocenters. The zero-order valence-electron chi connectivity index (χ0n) is 12.8. The second-order valence-electron chi connectivity index (χ2n) is 5.66. The van der Waals surface area contributed by atoms with Gasteiger partial charge >= 0.3 is 0 Å². The minimum Gasteiger partial charge on any atom is -0.496 e. The lowest BCUT2D eigenvalue weighted by atomic mass is 9.85. The Kier molecular flexibility index (Phi) is 5.79. The Balaban J connectivity index is 2.06. The average Bonchev–Trinajstić information content (AvgIpc) is 2.59. The van der Waals surface area contributed by atoms with Crippen molar-refractivity contribution >= 4 is 5.91 Å². The molecule has 1 aliphatic rings. The highest BCUT2D eigenvalue weighted by Crippen LogP contribution is 2.28. The Bertz CT molecular complexity index is 547. The topological polar surface area (TPSA) is 82.3 Å². The standard InChI is InChI=1S/C17H22N2O3/c1-22-15-10-6-5-9-13(15)14(11-18)19-17(21)16(20)12-7-3-2-4-8-12/h5-6,9-10,12,14,16,20H,2-4,7-8H2,1H3,(H,19,21)/t14-,16-/m0/s1. The number of para-hydroxylation sites is 1. The molecule has 0 spiro atoms. The number of aliphatic hydroxyl groups is 1. The number of carbonyl (C=O) groups excluding carboxylic acids is 1. The van der Waals surface area contributed by atoms with Crippen LogP contribution in [0.1, 0.15) is 43.7 Å². The van der Waals surface area contributed by atoms with Crippen LogP contribution in [0.15, 0.2) is 24.3 Å². The van der Waals surface area contributed by atoms with E-state index >= 15 is 0 Å². The molecular formula is C17H22N2O3. The van der Waals surface area contributed by atoms with Gasteiger partial charge in [-0.1, -0.05) is 37.5 Å². The molecule has 2 rings (SSSR count). The second kappa shape index (κ2) is 7.81. The van der Waals surface area contributed by atoms with Crippen molar-refractivity contribution in [2.45, 2.75) is 44.2 Å². The summed E-state index contributed by atoms with van der Waals surface area (Å²) in [5.41, 5.74) is 0.594. The number of ether oxygens (including phenoxy) is 1. The van der Waals surface area contributed by atoms with Crippen molar-refractivity contribution in [3.05, 3.63) is 29.8 Å². The first kappa shape index (κ1) is 16.3. The molecule has 0 bridgehead atoms. The Labute approximate surface area is 130 Å². The van der Waals surface area contributed by atoms with Crippen LogP contribution in [0.2, 0.25) is 0 Å². The number of carbonyl (C=O) groups is 1. The van der Waals surface area contributed by atoms with Gasteiger partial charge in [0.1, 0.15) is 17.9 Å². The number of nitrogens with zero attached hydrogens (tertiary/aromatic N) is 1. The molecule has 1 aromatic carbocycles. The number of hydrogen-bond acceptors (Lipinski definition) is 4. The predicted molar refractivity (Wildman–Crippen MR) is 82.1 cm³/mol. The molecule has 1 fully saturated rings. The minimum absolute atomic E-state index is 0.00855. The van der Waals surface area contributed by atoms with Gasteiger partial charge in [-0.3, -0.25) is 4.79 Å². The van der Waals surface area contributed by atoms with E-state index in [-0.39, 0.29) is 5.92 Å². The molecule has 2 atom stereocenters. The average molecular weight is 302 g/mol. The molecule has 0 saturated heterocycles. The molecule has 0 aliphatic heterocycles. The summed E-state index contributed by atoms with van der Waals surface area (Å²) < 4.78 is 5.22. The van der Waals surface area contributed by atoms with Crippen LogP contribution in [0, 0.1) is 17.2 Å². The van der Waals surface area contributed by atoms with E-state index in [0.717, 1.165) is 32.1 Å². The van der Waals surface area contributed by atoms with Crippen LogP contribution < -0.4 is 10.1 Å². The van der Waals surface area contributed by atoms with Crippen molar-refractivity contribution in [1.29, 1.82) is 5.26 Å². The van der Waals surface area contributed by atoms with Crippen molar-refractivity contribution in [3.8, 4) is 11.8 Å². The molecular weight excluding hydrogens is 280 g/mol. The number of benzene rings is 1. The lowest BCUT2D eigenvalue weighted by Gasteiger charge is -2.26. The maximum Gasteiger partial charge on any atom is 0.250 e. The van der Waals surface area contributed by atoms with E-state index in [9.17, 15) is 15.2 Å². The van der Waals surface area contributed by atoms with Gasteiger partial charge in [-0.05, 0) is 24.8 Å². The molecule has 2 N–H and O–H groups in total. The molecule has 5 heteroatoms. The minimum atomic E-state index is -1.05. The third kappa shape index (κ3) is 3.77. The molecule has 1 amide bonds. The van der Waals surface area contributed by atoms with Gasteiger partial charge in [0, 0.05) is 5.56 Å². The summed E-state index contributed by atoms with van der Waals surface area (Å²) >= 11 is 0. The van der Waals surface area contributed by atoms with Crippen LogP contribution >= 0.6 is 0 Å². The first-order valence-electron chi connectivity index (χ1n) is 7.68. The lowest BCUT2D eigenvalue weighted by Crippen LogP contribution is -2.41. The number of amides is 1. The monoisotopic (exact) mass is 302 g/mol. The van der Waals surface area contributed by atoms with Crippen LogP contribution in [0.5, 0.6) is 5.75 Å². The second-order valence-corrected chi connectivity index (χ2v) is 5.66. The van der Waals surface area contributed by atoms with Crippen molar-refractivity contribution in [2.24, 2.45) is 5.92 Å². The smallest absolute Gasteiger partial charge is 0.250 e. The first-order valence-corrected chi connectivity index (χ1v) is 7.68. The maximum absolute atomic E-state index is 12.2. The van der Waals surface area contributed by atoms with E-state index < -0.39 is 18.1 Å². The van der Waals surface area contributed by atoms with E-state index in [4.69, 9.17) is 4.74 Å². The fourth-order valence-corrected chi connectivity index (χ4v) is 2.98. The van der Waals surface area contributed by atoms with E-state index in [2.05, 4.69) is 11.4 Å². The number of rotatable bonds is 5. The third-order valence-electron chi connectivity index (χ3n) is 4.23. The highest BCUT2D eigenvalue weighted by Gasteiger charge is 2.29. The summed E-state index contributed by atoms with van der Waals surface area (Å²) in [6.45, 7) is 0. The Hall–Kier alpha value is -2.06. The van der Waals surface area contributed by atoms with Gasteiger partial charge in [0.05, 0.1) is 13.2 Å². The molecule has 5 nitrogen and oxygen atoms in total. The van der Waals surface area contributed by atoms with E-state index in [1.807, 2.05) is 0 Å². The quantitative estimate of drug-likeness (QED) is 0.874. The molecule has 1 aliphatic carbocycles. The molecule has 1 aromatic rings. The maximum atomic E-state index is 12.2. The van der Waals surface area contributed by atoms with Crippen molar-refractivity contribution in [3.63, 3.8) is 0 Å². The fourth-order valence-electron chi connectivity index (χ4n) is 2.98. The lowest BCUT2D eigenvalue weighted by molar-refractivity contribution is -0.133. The van der Waals surface area contributed by atoms with Crippen LogP contribution in [-0.4, -0.2) is 24.2 Å². The largest absolute Gasteiger partial charge is 0.496 e. The zero-order chi connectivity index (χ0) is 15.9. The van der Waals surface area contributed by atoms with Crippen LogP contribution in [-0.2, 0) is 4.79 Å². The van der Waals surface area contributed by atoms with Gasteiger partial charge in [-0.2, -0.15) is 5.26 Å². The number of nitrogens with one attached hydrogen (secondary N) is 1. The van der Waals surface area contributed by atoms with Gasteiger partial charge < -0.3 is 15.2 Å². The fraction of sp³-hybridized carbons (Fsp3) is 0.529. The SMILES string of the molecule is COc1ccccc1[C@H](C#N)NC(=O)[C@@H](O)C1CCCCC1. The number of nitriles is 1. The number of hydrogen-bond donors (Lipinski definition) is 2. The summed E-state index contributed by atoms with van der Waals surface area (Å²) in [5.74, 6) is 0.0524. The van der Waals surface area contributed by atoms with E-state index in [0.29, 0.717) is 11.3 Å². The van der Waals surface area contributed by atoms with Gasteiger partial charge in [0.15, 0.2) is 0 Å². The van der Waals surface area contributed by atoms with Crippen molar-refractivity contribution in [1.82, 2.24) is 5.32 Å². The van der Waals surface area contributed by atoms with Crippen molar-refractivity contribution in [2.75, 3.05) is 7.11 Å². The summed E-state index contributed by atoms with van der Waals surface area (Å²) in [5, 5.41) is 22.2. The van der Waals surface area contributed by atoms with Crippen LogP contribution in [0.3, 0.4) is 0 Å². The highest BCUT2D eigenvalue weighted by molar-refractivity contribution is 5.81. The highest BCUT2D eigenvalue weighted by atomic mass is 16.5. The summed E-state index contributed by atoms with van der Waals surface area (Å²) in [4.78, 5) is 12.2. The van der Waals surface area contributed by atoms with E-state index in [1.165, 1.54) is 7.11 Å². The van der Waals surface area contributed by atoms with E-state index in [1.54, 1.807) is 24.3 Å². The molecule has 0 heterocycles. The number of methoxy groups -OCH3 is 1. The van der Waals surface area contributed by atoms with Gasteiger partial charge in [-0.25, -0.2) is 0 Å². The van der Waals surface area contributed by atoms with Crippen LogP contribution in [0.4, 0.5) is 0 Å². The first-order chi connectivity index (χ1) is 10.7.